The van der Waals surface area contributed by atoms with Gasteiger partial charge in [0.05, 0.1) is 11.1 Å². The molecule has 4 nitrogen and oxygen atoms in total. The number of halogens is 3. The molecule has 1 rings (SSSR count). The van der Waals surface area contributed by atoms with Crippen LogP contribution >= 0.6 is 11.8 Å². The van der Waals surface area contributed by atoms with Crippen LogP contribution in [0, 0.1) is 0 Å². The van der Waals surface area contributed by atoms with E-state index in [4.69, 9.17) is 5.11 Å². The second-order valence-corrected chi connectivity index (χ2v) is 4.56. The average Bonchev–Trinajstić information content (AvgIpc) is 2.33. The predicted molar refractivity (Wildman–Crippen MR) is 64.2 cm³/mol. The van der Waals surface area contributed by atoms with E-state index < -0.39 is 17.4 Å². The molecule has 1 aromatic rings. The number of carboxylic acids is 1. The predicted octanol–water partition coefficient (Wildman–Crippen LogP) is 2.37. The summed E-state index contributed by atoms with van der Waals surface area (Å²) in [4.78, 5) is 22.5. The van der Waals surface area contributed by atoms with Gasteiger partial charge in [-0.2, -0.15) is 13.2 Å². The van der Waals surface area contributed by atoms with E-state index in [1.54, 1.807) is 0 Å². The van der Waals surface area contributed by atoms with Gasteiger partial charge in [-0.1, -0.05) is 12.1 Å². The van der Waals surface area contributed by atoms with Crippen molar-refractivity contribution in [3.63, 3.8) is 0 Å². The number of carbonyl (C=O) groups excluding carboxylic acids is 1. The molecule has 104 valence electrons. The summed E-state index contributed by atoms with van der Waals surface area (Å²) in [5.74, 6) is -2.30. The highest BCUT2D eigenvalue weighted by atomic mass is 32.2. The van der Waals surface area contributed by atoms with Crippen LogP contribution in [0.25, 0.3) is 0 Å². The number of rotatable bonds is 5. The minimum Gasteiger partial charge on any atom is -0.478 e. The largest absolute Gasteiger partial charge is 0.478 e. The van der Waals surface area contributed by atoms with Crippen molar-refractivity contribution in [2.24, 2.45) is 0 Å². The number of hydrogen-bond donors (Lipinski definition) is 2. The van der Waals surface area contributed by atoms with Gasteiger partial charge in [0.25, 0.3) is 5.91 Å². The van der Waals surface area contributed by atoms with Gasteiger partial charge in [-0.25, -0.2) is 4.79 Å². The zero-order valence-corrected chi connectivity index (χ0v) is 10.3. The summed E-state index contributed by atoms with van der Waals surface area (Å²) < 4.78 is 35.5. The second-order valence-electron chi connectivity index (χ2n) is 3.40. The third-order valence-corrected chi connectivity index (χ3v) is 2.79. The Kier molecular flexibility index (Phi) is 5.22. The van der Waals surface area contributed by atoms with Crippen molar-refractivity contribution in [1.82, 2.24) is 5.32 Å². The molecule has 0 fully saturated rings. The Hall–Kier alpha value is -1.70. The van der Waals surface area contributed by atoms with Gasteiger partial charge in [0.2, 0.25) is 0 Å². The van der Waals surface area contributed by atoms with E-state index in [0.29, 0.717) is 0 Å². The van der Waals surface area contributed by atoms with Crippen molar-refractivity contribution in [2.75, 3.05) is 12.3 Å². The summed E-state index contributed by atoms with van der Waals surface area (Å²) in [5, 5.41) is 11.1. The van der Waals surface area contributed by atoms with Crippen LogP contribution in [0.2, 0.25) is 0 Å². The Morgan fingerprint density at radius 1 is 1.21 bits per heavy atom. The van der Waals surface area contributed by atoms with Crippen LogP contribution in [-0.2, 0) is 0 Å². The monoisotopic (exact) mass is 293 g/mol. The maximum absolute atomic E-state index is 11.8. The Labute approximate surface area is 111 Å². The minimum atomic E-state index is -4.34. The zero-order valence-electron chi connectivity index (χ0n) is 9.53. The lowest BCUT2D eigenvalue weighted by atomic mass is 10.1. The van der Waals surface area contributed by atoms with Gasteiger partial charge in [0.1, 0.15) is 0 Å². The lowest BCUT2D eigenvalue weighted by molar-refractivity contribution is -0.0327. The second kappa shape index (κ2) is 6.46. The fraction of sp³-hybridized carbons (Fsp3) is 0.273. The number of carboxylic acid groups (broad SMARTS) is 1. The molecule has 0 saturated carbocycles. The summed E-state index contributed by atoms with van der Waals surface area (Å²) >= 11 is -0.250. The summed E-state index contributed by atoms with van der Waals surface area (Å²) in [6.45, 7) is -0.197. The molecule has 8 heteroatoms. The zero-order chi connectivity index (χ0) is 14.5. The highest BCUT2D eigenvalue weighted by Gasteiger charge is 2.27. The van der Waals surface area contributed by atoms with E-state index >= 15 is 0 Å². The summed E-state index contributed by atoms with van der Waals surface area (Å²) in [6.07, 6.45) is 0. The summed E-state index contributed by atoms with van der Waals surface area (Å²) in [6, 6.07) is 5.49. The maximum Gasteiger partial charge on any atom is 0.441 e. The molecule has 0 aliphatic carbocycles. The highest BCUT2D eigenvalue weighted by molar-refractivity contribution is 8.00. The van der Waals surface area contributed by atoms with Crippen LogP contribution < -0.4 is 5.32 Å². The van der Waals surface area contributed by atoms with Gasteiger partial charge in [-0.05, 0) is 23.9 Å². The van der Waals surface area contributed by atoms with Crippen molar-refractivity contribution >= 4 is 23.6 Å². The van der Waals surface area contributed by atoms with Crippen molar-refractivity contribution in [1.29, 1.82) is 0 Å². The molecule has 0 unspecified atom stereocenters. The number of hydrogen-bond acceptors (Lipinski definition) is 3. The standard InChI is InChI=1S/C11H10F3NO3S/c12-11(13,14)19-6-5-15-9(16)7-3-1-2-4-8(7)10(17)18/h1-4H,5-6H2,(H,15,16)(H,17,18). The molecule has 0 saturated heterocycles. The number of amides is 1. The number of nitrogens with one attached hydrogen (secondary N) is 1. The molecule has 1 aromatic carbocycles. The third kappa shape index (κ3) is 5.21. The first kappa shape index (κ1) is 15.4. The van der Waals surface area contributed by atoms with Crippen molar-refractivity contribution in [3.05, 3.63) is 35.4 Å². The normalized spacial score (nSPS) is 11.1. The molecule has 0 radical (unpaired) electrons. The smallest absolute Gasteiger partial charge is 0.441 e. The van der Waals surface area contributed by atoms with Crippen molar-refractivity contribution in [3.8, 4) is 0 Å². The maximum atomic E-state index is 11.8. The van der Waals surface area contributed by atoms with Gasteiger partial charge in [0.15, 0.2) is 0 Å². The SMILES string of the molecule is O=C(O)c1ccccc1C(=O)NCCSC(F)(F)F. The Morgan fingerprint density at radius 2 is 1.79 bits per heavy atom. The average molecular weight is 293 g/mol. The van der Waals surface area contributed by atoms with Crippen molar-refractivity contribution < 1.29 is 27.9 Å². The molecular formula is C11H10F3NO3S. The lowest BCUT2D eigenvalue weighted by Gasteiger charge is -2.08. The third-order valence-electron chi connectivity index (χ3n) is 2.06. The van der Waals surface area contributed by atoms with Gasteiger partial charge in [0, 0.05) is 12.3 Å². The van der Waals surface area contributed by atoms with E-state index in [9.17, 15) is 22.8 Å². The molecule has 0 atom stereocenters. The van der Waals surface area contributed by atoms with Crippen LogP contribution in [-0.4, -0.2) is 34.8 Å². The van der Waals surface area contributed by atoms with E-state index in [1.165, 1.54) is 24.3 Å². The number of carbonyl (C=O) groups is 2. The molecule has 0 bridgehead atoms. The fourth-order valence-corrected chi connectivity index (χ4v) is 1.73. The van der Waals surface area contributed by atoms with Crippen molar-refractivity contribution in [2.45, 2.75) is 5.51 Å². The molecule has 2 N–H and O–H groups in total. The summed E-state index contributed by atoms with van der Waals surface area (Å²) in [5.41, 5.74) is -4.61. The quantitative estimate of drug-likeness (QED) is 0.818. The first-order valence-electron chi connectivity index (χ1n) is 5.12. The first-order valence-corrected chi connectivity index (χ1v) is 6.11. The Balaban J connectivity index is 2.57. The Morgan fingerprint density at radius 3 is 2.32 bits per heavy atom. The molecule has 0 aliphatic heterocycles. The van der Waals surface area contributed by atoms with Crippen LogP contribution in [0.5, 0.6) is 0 Å². The topological polar surface area (TPSA) is 66.4 Å². The van der Waals surface area contributed by atoms with Gasteiger partial charge in [-0.15, -0.1) is 0 Å². The molecule has 0 heterocycles. The molecule has 0 aromatic heterocycles. The van der Waals surface area contributed by atoms with Gasteiger partial charge < -0.3 is 10.4 Å². The van der Waals surface area contributed by atoms with Crippen LogP contribution in [0.3, 0.4) is 0 Å². The molecule has 1 amide bonds. The number of thioether (sulfide) groups is 1. The van der Waals surface area contributed by atoms with E-state index in [2.05, 4.69) is 5.32 Å². The Bertz CT molecular complexity index is 476. The fourth-order valence-electron chi connectivity index (χ4n) is 1.29. The summed E-state index contributed by atoms with van der Waals surface area (Å²) in [7, 11) is 0. The van der Waals surface area contributed by atoms with Gasteiger partial charge >= 0.3 is 11.5 Å². The van der Waals surface area contributed by atoms with Crippen LogP contribution in [0.1, 0.15) is 20.7 Å². The van der Waals surface area contributed by atoms with E-state index in [0.717, 1.165) is 0 Å². The number of benzene rings is 1. The van der Waals surface area contributed by atoms with Crippen LogP contribution in [0.4, 0.5) is 13.2 Å². The lowest BCUT2D eigenvalue weighted by Crippen LogP contribution is -2.28. The first-order chi connectivity index (χ1) is 8.81. The van der Waals surface area contributed by atoms with E-state index in [-0.39, 0.29) is 35.2 Å². The highest BCUT2D eigenvalue weighted by Crippen LogP contribution is 2.29. The van der Waals surface area contributed by atoms with E-state index in [1.807, 2.05) is 0 Å². The van der Waals surface area contributed by atoms with Crippen LogP contribution in [0.15, 0.2) is 24.3 Å². The molecule has 0 spiro atoms. The number of aromatic carboxylic acids is 1. The minimum absolute atomic E-state index is 0.0768. The molecular weight excluding hydrogens is 283 g/mol. The molecule has 0 aliphatic rings. The van der Waals surface area contributed by atoms with Gasteiger partial charge in [-0.3, -0.25) is 4.79 Å². The number of alkyl halides is 3. The molecule has 19 heavy (non-hydrogen) atoms.